The van der Waals surface area contributed by atoms with Gasteiger partial charge in [-0.25, -0.2) is 4.79 Å². The Labute approximate surface area is 196 Å². The molecule has 3 N–H and O–H groups in total. The first-order valence-electron chi connectivity index (χ1n) is 10.9. The van der Waals surface area contributed by atoms with Gasteiger partial charge in [0.15, 0.2) is 5.78 Å². The maximum Gasteiger partial charge on any atom is 0.374 e. The first-order chi connectivity index (χ1) is 16.4. The van der Waals surface area contributed by atoms with Crippen molar-refractivity contribution in [1.29, 1.82) is 0 Å². The van der Waals surface area contributed by atoms with Crippen LogP contribution in [0.3, 0.4) is 0 Å². The molecule has 0 spiro atoms. The number of carbonyl (C=O) groups excluding carboxylic acids is 1. The van der Waals surface area contributed by atoms with Crippen LogP contribution in [0, 0.1) is 11.8 Å². The molecule has 0 bridgehead atoms. The fraction of sp³-hybridized carbons (Fsp3) is 0.222. The summed E-state index contributed by atoms with van der Waals surface area (Å²) in [5.41, 5.74) is 5.13. The number of hydrogen-bond acceptors (Lipinski definition) is 6. The predicted octanol–water partition coefficient (Wildman–Crippen LogP) is 4.93. The average molecular weight is 459 g/mol. The molecule has 3 rings (SSSR count). The Bertz CT molecular complexity index is 1340. The van der Waals surface area contributed by atoms with Crippen LogP contribution in [0.2, 0.25) is 0 Å². The summed E-state index contributed by atoms with van der Waals surface area (Å²) >= 11 is 0. The zero-order chi connectivity index (χ0) is 24.5. The molecule has 174 valence electrons. The molecule has 0 saturated carbocycles. The van der Waals surface area contributed by atoms with Crippen molar-refractivity contribution in [3.8, 4) is 17.6 Å². The van der Waals surface area contributed by atoms with Gasteiger partial charge in [-0.15, -0.1) is 0 Å². The number of nitrogens with two attached hydrogens (primary N) is 1. The number of carboxylic acid groups (broad SMARTS) is 1. The summed E-state index contributed by atoms with van der Waals surface area (Å²) in [6.45, 7) is 2.47. The zero-order valence-electron chi connectivity index (χ0n) is 18.8. The van der Waals surface area contributed by atoms with E-state index >= 15 is 0 Å². The number of ketones is 1. The smallest absolute Gasteiger partial charge is 0.374 e. The third-order valence-corrected chi connectivity index (χ3v) is 5.06. The number of fused-ring (bicyclic) bond motifs is 1. The summed E-state index contributed by atoms with van der Waals surface area (Å²) in [5.74, 6) is 4.20. The van der Waals surface area contributed by atoms with Crippen LogP contribution in [-0.4, -0.2) is 23.5 Å². The van der Waals surface area contributed by atoms with Crippen LogP contribution in [0.4, 0.5) is 5.69 Å². The highest BCUT2D eigenvalue weighted by Crippen LogP contribution is 2.22. The Balaban J connectivity index is 1.71. The van der Waals surface area contributed by atoms with Crippen molar-refractivity contribution >= 4 is 34.5 Å². The fourth-order valence-electron chi connectivity index (χ4n) is 3.28. The van der Waals surface area contributed by atoms with Gasteiger partial charge in [0.1, 0.15) is 23.6 Å². The molecule has 0 fully saturated rings. The lowest BCUT2D eigenvalue weighted by atomic mass is 10.0. The first kappa shape index (κ1) is 24.3. The summed E-state index contributed by atoms with van der Waals surface area (Å²) in [6, 6.07) is 11.5. The number of nitrogen functional groups attached to an aromatic ring is 1. The first-order valence-corrected chi connectivity index (χ1v) is 10.9. The van der Waals surface area contributed by atoms with E-state index in [1.54, 1.807) is 30.3 Å². The molecule has 1 aromatic heterocycles. The van der Waals surface area contributed by atoms with E-state index in [1.807, 2.05) is 0 Å². The summed E-state index contributed by atoms with van der Waals surface area (Å²) in [7, 11) is 0. The number of hydrogen-bond donors (Lipinski definition) is 2. The van der Waals surface area contributed by atoms with Crippen molar-refractivity contribution in [2.75, 3.05) is 12.3 Å². The normalized spacial score (nSPS) is 10.7. The molecular weight excluding hydrogens is 434 g/mol. The minimum atomic E-state index is -1.46. The molecule has 34 heavy (non-hydrogen) atoms. The molecule has 7 nitrogen and oxygen atoms in total. The van der Waals surface area contributed by atoms with Crippen molar-refractivity contribution < 1.29 is 23.8 Å². The van der Waals surface area contributed by atoms with Crippen LogP contribution in [0.5, 0.6) is 5.75 Å². The van der Waals surface area contributed by atoms with Gasteiger partial charge in [-0.05, 0) is 36.3 Å². The van der Waals surface area contributed by atoms with Gasteiger partial charge in [0.25, 0.3) is 0 Å². The molecule has 7 heteroatoms. The Morgan fingerprint density at radius 3 is 2.59 bits per heavy atom. The minimum Gasteiger partial charge on any atom is -0.481 e. The molecule has 0 unspecified atom stereocenters. The lowest BCUT2D eigenvalue weighted by molar-refractivity contribution is 0.0664. The number of carbonyl (C=O) groups is 2. The number of ether oxygens (including phenoxy) is 1. The van der Waals surface area contributed by atoms with Gasteiger partial charge in [-0.2, -0.15) is 0 Å². The largest absolute Gasteiger partial charge is 0.481 e. The Morgan fingerprint density at radius 2 is 1.88 bits per heavy atom. The number of benzene rings is 2. The standard InChI is InChI=1S/C27H25NO6/c1-2-3-4-5-6-7-17-33-19-14-11-18(12-15-19)13-16-21(29)20-9-8-10-22-23(20)25(30)24(28)26(34-22)27(31)32/h8-16H,2-5,17,28H2,1H3,(H,31,32). The zero-order valence-corrected chi connectivity index (χ0v) is 18.8. The second kappa shape index (κ2) is 11.5. The second-order valence-electron chi connectivity index (χ2n) is 7.52. The fourth-order valence-corrected chi connectivity index (χ4v) is 3.28. The number of allylic oxidation sites excluding steroid dienone is 1. The lowest BCUT2D eigenvalue weighted by Gasteiger charge is -2.06. The van der Waals surface area contributed by atoms with Gasteiger partial charge in [0, 0.05) is 12.0 Å². The van der Waals surface area contributed by atoms with Gasteiger partial charge in [-0.1, -0.05) is 61.9 Å². The van der Waals surface area contributed by atoms with E-state index in [-0.39, 0.29) is 16.5 Å². The van der Waals surface area contributed by atoms with Gasteiger partial charge >= 0.3 is 5.97 Å². The number of unbranched alkanes of at least 4 members (excludes halogenated alkanes) is 3. The van der Waals surface area contributed by atoms with Crippen LogP contribution < -0.4 is 15.9 Å². The van der Waals surface area contributed by atoms with Crippen molar-refractivity contribution in [1.82, 2.24) is 0 Å². The summed E-state index contributed by atoms with van der Waals surface area (Å²) < 4.78 is 10.8. The molecule has 0 radical (unpaired) electrons. The molecule has 0 aliphatic carbocycles. The number of rotatable bonds is 9. The minimum absolute atomic E-state index is 0.0224. The molecule has 3 aromatic rings. The van der Waals surface area contributed by atoms with E-state index in [2.05, 4.69) is 18.8 Å². The maximum atomic E-state index is 12.8. The van der Waals surface area contributed by atoms with Crippen LogP contribution in [0.15, 0.2) is 57.8 Å². The molecule has 0 aliphatic heterocycles. The predicted molar refractivity (Wildman–Crippen MR) is 131 cm³/mol. The van der Waals surface area contributed by atoms with E-state index in [1.165, 1.54) is 37.1 Å². The van der Waals surface area contributed by atoms with E-state index in [0.29, 0.717) is 12.4 Å². The van der Waals surface area contributed by atoms with Crippen LogP contribution in [-0.2, 0) is 0 Å². The average Bonchev–Trinajstić information content (AvgIpc) is 2.84. The maximum absolute atomic E-state index is 12.8. The molecule has 1 heterocycles. The highest BCUT2D eigenvalue weighted by Gasteiger charge is 2.20. The van der Waals surface area contributed by atoms with Crippen molar-refractivity contribution in [2.45, 2.75) is 32.6 Å². The summed E-state index contributed by atoms with van der Waals surface area (Å²) in [4.78, 5) is 36.6. The van der Waals surface area contributed by atoms with Gasteiger partial charge in [0.05, 0.1) is 5.39 Å². The van der Waals surface area contributed by atoms with E-state index < -0.39 is 28.6 Å². The Hall–Kier alpha value is -4.31. The molecule has 0 amide bonds. The topological polar surface area (TPSA) is 120 Å². The molecule has 0 atom stereocenters. The SMILES string of the molecule is CCCCCC#CCOc1ccc(C=CC(=O)c2cccc3oc(C(=O)O)c(N)c(=O)c23)cc1. The third kappa shape index (κ3) is 5.93. The van der Waals surface area contributed by atoms with E-state index in [9.17, 15) is 14.4 Å². The summed E-state index contributed by atoms with van der Waals surface area (Å²) in [6.07, 6.45) is 7.26. The highest BCUT2D eigenvalue weighted by atomic mass is 16.5. The highest BCUT2D eigenvalue weighted by molar-refractivity contribution is 6.14. The van der Waals surface area contributed by atoms with Crippen LogP contribution >= 0.6 is 0 Å². The molecule has 0 saturated heterocycles. The molecule has 0 aliphatic rings. The number of carboxylic acids is 1. The molecule has 2 aromatic carbocycles. The Morgan fingerprint density at radius 1 is 1.12 bits per heavy atom. The van der Waals surface area contributed by atoms with Gasteiger partial charge < -0.3 is 20.0 Å². The monoisotopic (exact) mass is 459 g/mol. The quantitative estimate of drug-likeness (QED) is 0.201. The van der Waals surface area contributed by atoms with Crippen molar-refractivity contribution in [3.63, 3.8) is 0 Å². The third-order valence-electron chi connectivity index (χ3n) is 5.06. The van der Waals surface area contributed by atoms with Crippen molar-refractivity contribution in [3.05, 3.63) is 75.7 Å². The lowest BCUT2D eigenvalue weighted by Crippen LogP contribution is -2.16. The number of anilines is 1. The number of aromatic carboxylic acids is 1. The van der Waals surface area contributed by atoms with E-state index in [0.717, 1.165) is 18.4 Å². The molecular formula is C27H25NO6. The van der Waals surface area contributed by atoms with Crippen molar-refractivity contribution in [2.24, 2.45) is 0 Å². The van der Waals surface area contributed by atoms with Crippen LogP contribution in [0.25, 0.3) is 17.0 Å². The second-order valence-corrected chi connectivity index (χ2v) is 7.52. The van der Waals surface area contributed by atoms with Gasteiger partial charge in [0.2, 0.25) is 11.2 Å². The van der Waals surface area contributed by atoms with Gasteiger partial charge in [-0.3, -0.25) is 9.59 Å². The van der Waals surface area contributed by atoms with Crippen LogP contribution in [0.1, 0.15) is 59.1 Å². The van der Waals surface area contributed by atoms with E-state index in [4.69, 9.17) is 20.0 Å². The summed E-state index contributed by atoms with van der Waals surface area (Å²) in [5, 5.41) is 9.10. The Kier molecular flexibility index (Phi) is 8.25.